The molecule has 0 heterocycles. The smallest absolute Gasteiger partial charge is 0.335 e. The molecule has 1 aromatic carbocycles. The largest absolute Gasteiger partial charge is 0.492 e. The topological polar surface area (TPSA) is 87.7 Å². The van der Waals surface area contributed by atoms with Crippen molar-refractivity contribution in [2.75, 3.05) is 13.2 Å². The van der Waals surface area contributed by atoms with Crippen molar-refractivity contribution >= 4 is 11.9 Å². The lowest BCUT2D eigenvalue weighted by atomic mass is 10.2. The number of amides is 1. The zero-order valence-corrected chi connectivity index (χ0v) is 12.0. The average molecular weight is 292 g/mol. The molecule has 1 aliphatic carbocycles. The van der Waals surface area contributed by atoms with Crippen molar-refractivity contribution in [3.8, 4) is 5.75 Å². The maximum absolute atomic E-state index is 11.7. The predicted octanol–water partition coefficient (Wildman–Crippen LogP) is 1.02. The van der Waals surface area contributed by atoms with Crippen molar-refractivity contribution in [3.63, 3.8) is 0 Å². The lowest BCUT2D eigenvalue weighted by Gasteiger charge is -2.14. The molecule has 1 atom stereocenters. The molecule has 0 aliphatic heterocycles. The quantitative estimate of drug-likeness (QED) is 0.623. The Kier molecular flexibility index (Phi) is 5.16. The maximum Gasteiger partial charge on any atom is 0.335 e. The molecule has 1 fully saturated rings. The molecule has 3 N–H and O–H groups in total. The molecular formula is C15H20N2O4. The highest BCUT2D eigenvalue weighted by atomic mass is 16.5. The van der Waals surface area contributed by atoms with Gasteiger partial charge < -0.3 is 20.5 Å². The second-order valence-electron chi connectivity index (χ2n) is 5.14. The Bertz CT molecular complexity index is 497. The summed E-state index contributed by atoms with van der Waals surface area (Å²) >= 11 is 0. The van der Waals surface area contributed by atoms with E-state index in [1.165, 1.54) is 12.1 Å². The summed E-state index contributed by atoms with van der Waals surface area (Å²) in [6, 6.07) is 6.35. The summed E-state index contributed by atoms with van der Waals surface area (Å²) < 4.78 is 5.48. The van der Waals surface area contributed by atoms with Crippen LogP contribution < -0.4 is 15.4 Å². The third kappa shape index (κ3) is 5.07. The van der Waals surface area contributed by atoms with E-state index >= 15 is 0 Å². The van der Waals surface area contributed by atoms with Gasteiger partial charge in [0.2, 0.25) is 5.91 Å². The van der Waals surface area contributed by atoms with E-state index < -0.39 is 5.97 Å². The Hall–Kier alpha value is -2.08. The van der Waals surface area contributed by atoms with Crippen LogP contribution in [0.4, 0.5) is 0 Å². The first kappa shape index (κ1) is 15.3. The first-order valence-corrected chi connectivity index (χ1v) is 7.06. The van der Waals surface area contributed by atoms with Gasteiger partial charge in [-0.15, -0.1) is 0 Å². The van der Waals surface area contributed by atoms with E-state index in [0.29, 0.717) is 24.9 Å². The van der Waals surface area contributed by atoms with Gasteiger partial charge in [0.25, 0.3) is 0 Å². The molecule has 6 heteroatoms. The van der Waals surface area contributed by atoms with Gasteiger partial charge >= 0.3 is 5.97 Å². The number of nitrogens with one attached hydrogen (secondary N) is 2. The van der Waals surface area contributed by atoms with Crippen molar-refractivity contribution in [1.29, 1.82) is 0 Å². The van der Waals surface area contributed by atoms with E-state index in [0.717, 1.165) is 12.8 Å². The van der Waals surface area contributed by atoms with Crippen LogP contribution in [-0.2, 0) is 4.79 Å². The number of carboxylic acids is 1. The number of carbonyl (C=O) groups excluding carboxylic acids is 1. The van der Waals surface area contributed by atoms with Crippen LogP contribution in [0.1, 0.15) is 30.1 Å². The van der Waals surface area contributed by atoms with Crippen molar-refractivity contribution in [3.05, 3.63) is 29.8 Å². The van der Waals surface area contributed by atoms with Gasteiger partial charge in [0.1, 0.15) is 12.4 Å². The molecule has 6 nitrogen and oxygen atoms in total. The maximum atomic E-state index is 11.7. The molecule has 0 radical (unpaired) electrons. The number of carboxylic acid groups (broad SMARTS) is 1. The summed E-state index contributed by atoms with van der Waals surface area (Å²) in [6.07, 6.45) is 2.15. The summed E-state index contributed by atoms with van der Waals surface area (Å²) in [4.78, 5) is 22.4. The van der Waals surface area contributed by atoms with Crippen LogP contribution >= 0.6 is 0 Å². The summed E-state index contributed by atoms with van der Waals surface area (Å²) in [5.41, 5.74) is 0.228. The first-order valence-electron chi connectivity index (χ1n) is 7.06. The molecule has 2 rings (SSSR count). The minimum absolute atomic E-state index is 0.0170. The Morgan fingerprint density at radius 3 is 2.57 bits per heavy atom. The number of rotatable bonds is 8. The molecule has 0 bridgehead atoms. The van der Waals surface area contributed by atoms with Gasteiger partial charge in [0.15, 0.2) is 0 Å². The second kappa shape index (κ2) is 7.08. The number of benzene rings is 1. The van der Waals surface area contributed by atoms with E-state index in [2.05, 4.69) is 10.6 Å². The van der Waals surface area contributed by atoms with Crippen molar-refractivity contribution in [2.45, 2.75) is 31.8 Å². The Morgan fingerprint density at radius 2 is 2.00 bits per heavy atom. The summed E-state index contributed by atoms with van der Waals surface area (Å²) in [6.45, 7) is 2.77. The van der Waals surface area contributed by atoms with E-state index in [9.17, 15) is 9.59 Å². The van der Waals surface area contributed by atoms with Crippen LogP contribution in [0.15, 0.2) is 24.3 Å². The van der Waals surface area contributed by atoms with E-state index in [1.54, 1.807) is 12.1 Å². The molecule has 1 unspecified atom stereocenters. The highest BCUT2D eigenvalue weighted by Crippen LogP contribution is 2.18. The lowest BCUT2D eigenvalue weighted by Crippen LogP contribution is -2.44. The van der Waals surface area contributed by atoms with Crippen LogP contribution in [0.3, 0.4) is 0 Å². The molecule has 21 heavy (non-hydrogen) atoms. The highest BCUT2D eigenvalue weighted by molar-refractivity contribution is 5.87. The van der Waals surface area contributed by atoms with Crippen molar-refractivity contribution < 1.29 is 19.4 Å². The summed E-state index contributed by atoms with van der Waals surface area (Å²) in [7, 11) is 0. The summed E-state index contributed by atoms with van der Waals surface area (Å²) in [5, 5.41) is 14.8. The number of hydrogen-bond donors (Lipinski definition) is 3. The second-order valence-corrected chi connectivity index (χ2v) is 5.14. The minimum Gasteiger partial charge on any atom is -0.492 e. The van der Waals surface area contributed by atoms with Crippen LogP contribution in [0.25, 0.3) is 0 Å². The van der Waals surface area contributed by atoms with Crippen LogP contribution in [0, 0.1) is 0 Å². The van der Waals surface area contributed by atoms with Gasteiger partial charge in [0, 0.05) is 12.6 Å². The first-order chi connectivity index (χ1) is 10.1. The Balaban J connectivity index is 1.64. The van der Waals surface area contributed by atoms with E-state index in [-0.39, 0.29) is 17.5 Å². The van der Waals surface area contributed by atoms with Gasteiger partial charge in [0.05, 0.1) is 11.6 Å². The van der Waals surface area contributed by atoms with Crippen LogP contribution in [0.2, 0.25) is 0 Å². The van der Waals surface area contributed by atoms with Gasteiger partial charge in [-0.3, -0.25) is 4.79 Å². The fraction of sp³-hybridized carbons (Fsp3) is 0.467. The molecule has 0 aromatic heterocycles. The molecule has 1 aromatic rings. The van der Waals surface area contributed by atoms with Crippen molar-refractivity contribution in [2.24, 2.45) is 0 Å². The van der Waals surface area contributed by atoms with Gasteiger partial charge in [-0.05, 0) is 44.0 Å². The SMILES string of the molecule is CC(NCCOc1ccc(C(=O)O)cc1)C(=O)NC1CC1. The average Bonchev–Trinajstić information content (AvgIpc) is 3.27. The fourth-order valence-corrected chi connectivity index (χ4v) is 1.78. The Labute approximate surface area is 123 Å². The summed E-state index contributed by atoms with van der Waals surface area (Å²) in [5.74, 6) is -0.334. The van der Waals surface area contributed by atoms with E-state index in [1.807, 2.05) is 6.92 Å². The number of aromatic carboxylic acids is 1. The standard InChI is InChI=1S/C15H20N2O4/c1-10(14(18)17-12-4-5-12)16-8-9-21-13-6-2-11(3-7-13)15(19)20/h2-3,6-7,10,12,16H,4-5,8-9H2,1H3,(H,17,18)(H,19,20). The number of carbonyl (C=O) groups is 2. The molecule has 0 saturated heterocycles. The minimum atomic E-state index is -0.960. The van der Waals surface area contributed by atoms with Gasteiger partial charge in [-0.1, -0.05) is 0 Å². The number of hydrogen-bond acceptors (Lipinski definition) is 4. The molecular weight excluding hydrogens is 272 g/mol. The zero-order chi connectivity index (χ0) is 15.2. The number of ether oxygens (including phenoxy) is 1. The predicted molar refractivity (Wildman–Crippen MR) is 77.5 cm³/mol. The molecule has 114 valence electrons. The molecule has 1 aliphatic rings. The van der Waals surface area contributed by atoms with Crippen LogP contribution in [0.5, 0.6) is 5.75 Å². The highest BCUT2D eigenvalue weighted by Gasteiger charge is 2.25. The Morgan fingerprint density at radius 1 is 1.33 bits per heavy atom. The fourth-order valence-electron chi connectivity index (χ4n) is 1.78. The molecule has 1 saturated carbocycles. The molecule has 1 amide bonds. The van der Waals surface area contributed by atoms with Crippen LogP contribution in [-0.4, -0.2) is 42.2 Å². The van der Waals surface area contributed by atoms with E-state index in [4.69, 9.17) is 9.84 Å². The third-order valence-electron chi connectivity index (χ3n) is 3.24. The van der Waals surface area contributed by atoms with Gasteiger partial charge in [-0.25, -0.2) is 4.79 Å². The third-order valence-corrected chi connectivity index (χ3v) is 3.24. The lowest BCUT2D eigenvalue weighted by molar-refractivity contribution is -0.122. The van der Waals surface area contributed by atoms with Gasteiger partial charge in [-0.2, -0.15) is 0 Å². The normalized spacial score (nSPS) is 15.3. The molecule has 0 spiro atoms. The monoisotopic (exact) mass is 292 g/mol. The zero-order valence-electron chi connectivity index (χ0n) is 12.0. The van der Waals surface area contributed by atoms with Crippen molar-refractivity contribution in [1.82, 2.24) is 10.6 Å².